The average molecular weight is 269 g/mol. The summed E-state index contributed by atoms with van der Waals surface area (Å²) in [4.78, 5) is 0. The van der Waals surface area contributed by atoms with Crippen molar-refractivity contribution >= 4 is 0 Å². The van der Waals surface area contributed by atoms with Gasteiger partial charge in [0.1, 0.15) is 0 Å². The van der Waals surface area contributed by atoms with Gasteiger partial charge in [0.25, 0.3) is 0 Å². The van der Waals surface area contributed by atoms with Gasteiger partial charge in [-0.05, 0) is 18.3 Å². The lowest BCUT2D eigenvalue weighted by molar-refractivity contribution is 0.308. The Kier molecular flexibility index (Phi) is 14.4. The van der Waals surface area contributed by atoms with E-state index < -0.39 is 0 Å². The van der Waals surface area contributed by atoms with Crippen molar-refractivity contribution in [2.75, 3.05) is 0 Å². The maximum atomic E-state index is 2.40. The van der Waals surface area contributed by atoms with Crippen molar-refractivity contribution in [2.24, 2.45) is 11.8 Å². The Balaban J connectivity index is 3.73. The van der Waals surface area contributed by atoms with Crippen LogP contribution in [0.25, 0.3) is 0 Å². The summed E-state index contributed by atoms with van der Waals surface area (Å²) in [6.07, 6.45) is 18.7. The van der Waals surface area contributed by atoms with E-state index in [9.17, 15) is 0 Å². The van der Waals surface area contributed by atoms with Crippen molar-refractivity contribution in [3.8, 4) is 0 Å². The Morgan fingerprint density at radius 2 is 0.947 bits per heavy atom. The second-order valence-corrected chi connectivity index (χ2v) is 6.48. The smallest absolute Gasteiger partial charge is 0.0414 e. The minimum Gasteiger partial charge on any atom is -0.0654 e. The quantitative estimate of drug-likeness (QED) is 0.288. The van der Waals surface area contributed by atoms with Gasteiger partial charge in [-0.25, -0.2) is 0 Å². The van der Waals surface area contributed by atoms with Crippen LogP contribution >= 0.6 is 0 Å². The van der Waals surface area contributed by atoms with Gasteiger partial charge in [0.15, 0.2) is 0 Å². The van der Waals surface area contributed by atoms with E-state index in [1.54, 1.807) is 0 Å². The van der Waals surface area contributed by atoms with E-state index >= 15 is 0 Å². The summed E-state index contributed by atoms with van der Waals surface area (Å²) < 4.78 is 0. The van der Waals surface area contributed by atoms with Crippen LogP contribution in [-0.4, -0.2) is 0 Å². The van der Waals surface area contributed by atoms with Crippen molar-refractivity contribution in [1.82, 2.24) is 0 Å². The first-order chi connectivity index (χ1) is 9.28. The molecule has 2 unspecified atom stereocenters. The topological polar surface area (TPSA) is 0 Å². The van der Waals surface area contributed by atoms with Gasteiger partial charge in [0, 0.05) is 0 Å². The Labute approximate surface area is 123 Å². The molecule has 0 aromatic rings. The first-order valence-corrected chi connectivity index (χ1v) is 9.28. The molecule has 0 nitrogen and oxygen atoms in total. The molecule has 0 N–H and O–H groups in total. The summed E-state index contributed by atoms with van der Waals surface area (Å²) in [5, 5.41) is 0. The largest absolute Gasteiger partial charge is 0.0654 e. The molecule has 0 heterocycles. The van der Waals surface area contributed by atoms with Gasteiger partial charge >= 0.3 is 0 Å². The fraction of sp³-hybridized carbons (Fsp3) is 1.00. The second kappa shape index (κ2) is 14.4. The van der Waals surface area contributed by atoms with Crippen molar-refractivity contribution in [1.29, 1.82) is 0 Å². The van der Waals surface area contributed by atoms with E-state index in [4.69, 9.17) is 0 Å². The van der Waals surface area contributed by atoms with E-state index in [1.165, 1.54) is 83.5 Å². The molecule has 116 valence electrons. The van der Waals surface area contributed by atoms with Crippen LogP contribution < -0.4 is 0 Å². The highest BCUT2D eigenvalue weighted by atomic mass is 14.2. The lowest BCUT2D eigenvalue weighted by Crippen LogP contribution is -2.08. The van der Waals surface area contributed by atoms with Crippen LogP contribution in [0.5, 0.6) is 0 Å². The van der Waals surface area contributed by atoms with Crippen molar-refractivity contribution in [3.05, 3.63) is 0 Å². The first-order valence-electron chi connectivity index (χ1n) is 9.28. The number of rotatable bonds is 14. The fourth-order valence-corrected chi connectivity index (χ4v) is 3.17. The third kappa shape index (κ3) is 11.5. The molecule has 0 aliphatic carbocycles. The molecule has 0 fully saturated rings. The summed E-state index contributed by atoms with van der Waals surface area (Å²) in [6, 6.07) is 0. The third-order valence-corrected chi connectivity index (χ3v) is 4.75. The SMILES string of the molecule is CCCCCCCC(CC)CC(CC)CCCCC. The molecular weight excluding hydrogens is 228 g/mol. The average Bonchev–Trinajstić information content (AvgIpc) is 2.44. The van der Waals surface area contributed by atoms with Crippen LogP contribution in [0.1, 0.15) is 111 Å². The van der Waals surface area contributed by atoms with E-state index in [0.29, 0.717) is 0 Å². The van der Waals surface area contributed by atoms with E-state index in [2.05, 4.69) is 27.7 Å². The molecule has 2 atom stereocenters. The highest BCUT2D eigenvalue weighted by molar-refractivity contribution is 4.66. The first kappa shape index (κ1) is 19.0. The molecule has 0 spiro atoms. The summed E-state index contributed by atoms with van der Waals surface area (Å²) in [5.41, 5.74) is 0. The van der Waals surface area contributed by atoms with Gasteiger partial charge < -0.3 is 0 Å². The number of unbranched alkanes of at least 4 members (excludes halogenated alkanes) is 6. The molecule has 0 aromatic heterocycles. The van der Waals surface area contributed by atoms with Crippen LogP contribution in [0.2, 0.25) is 0 Å². The minimum atomic E-state index is 1.01. The molecule has 0 amide bonds. The van der Waals surface area contributed by atoms with E-state index in [1.807, 2.05) is 0 Å². The van der Waals surface area contributed by atoms with Gasteiger partial charge in [-0.15, -0.1) is 0 Å². The maximum Gasteiger partial charge on any atom is -0.0414 e. The molecule has 0 saturated heterocycles. The fourth-order valence-electron chi connectivity index (χ4n) is 3.17. The van der Waals surface area contributed by atoms with Gasteiger partial charge in [-0.2, -0.15) is 0 Å². The highest BCUT2D eigenvalue weighted by Gasteiger charge is 2.13. The van der Waals surface area contributed by atoms with Gasteiger partial charge in [0.2, 0.25) is 0 Å². The van der Waals surface area contributed by atoms with Crippen molar-refractivity contribution in [3.63, 3.8) is 0 Å². The normalized spacial score (nSPS) is 14.5. The summed E-state index contributed by atoms with van der Waals surface area (Å²) >= 11 is 0. The van der Waals surface area contributed by atoms with Crippen LogP contribution in [-0.2, 0) is 0 Å². The molecule has 0 radical (unpaired) electrons. The van der Waals surface area contributed by atoms with Crippen LogP contribution in [0.15, 0.2) is 0 Å². The van der Waals surface area contributed by atoms with E-state index in [0.717, 1.165) is 11.8 Å². The van der Waals surface area contributed by atoms with Gasteiger partial charge in [-0.3, -0.25) is 0 Å². The molecule has 19 heavy (non-hydrogen) atoms. The molecule has 0 aliphatic rings. The summed E-state index contributed by atoms with van der Waals surface area (Å²) in [6.45, 7) is 9.41. The predicted octanol–water partition coefficient (Wildman–Crippen LogP) is 7.37. The molecule has 0 aromatic carbocycles. The Morgan fingerprint density at radius 1 is 0.526 bits per heavy atom. The standard InChI is InChI=1S/C19H40/c1-5-9-11-12-14-16-19(8-4)17-18(7-3)15-13-10-6-2/h18-19H,5-17H2,1-4H3. The summed E-state index contributed by atoms with van der Waals surface area (Å²) in [5.74, 6) is 2.01. The molecule has 0 bridgehead atoms. The molecule has 0 aliphatic heterocycles. The van der Waals surface area contributed by atoms with Crippen LogP contribution in [0.3, 0.4) is 0 Å². The monoisotopic (exact) mass is 268 g/mol. The Hall–Kier alpha value is 0. The lowest BCUT2D eigenvalue weighted by Gasteiger charge is -2.22. The van der Waals surface area contributed by atoms with Crippen LogP contribution in [0.4, 0.5) is 0 Å². The lowest BCUT2D eigenvalue weighted by atomic mass is 9.84. The Morgan fingerprint density at radius 3 is 1.42 bits per heavy atom. The van der Waals surface area contributed by atoms with Crippen molar-refractivity contribution < 1.29 is 0 Å². The minimum absolute atomic E-state index is 1.01. The zero-order valence-electron chi connectivity index (χ0n) is 14.3. The molecule has 0 heteroatoms. The number of hydrogen-bond acceptors (Lipinski definition) is 0. The second-order valence-electron chi connectivity index (χ2n) is 6.48. The third-order valence-electron chi connectivity index (χ3n) is 4.75. The molecule has 0 rings (SSSR count). The summed E-state index contributed by atoms with van der Waals surface area (Å²) in [7, 11) is 0. The molecular formula is C19H40. The Bertz CT molecular complexity index is 161. The molecule has 0 saturated carbocycles. The van der Waals surface area contributed by atoms with Crippen LogP contribution in [0, 0.1) is 11.8 Å². The van der Waals surface area contributed by atoms with Crippen molar-refractivity contribution in [2.45, 2.75) is 111 Å². The predicted molar refractivity (Wildman–Crippen MR) is 89.7 cm³/mol. The highest BCUT2D eigenvalue weighted by Crippen LogP contribution is 2.27. The maximum absolute atomic E-state index is 2.40. The zero-order chi connectivity index (χ0) is 14.3. The number of hydrogen-bond donors (Lipinski definition) is 0. The van der Waals surface area contributed by atoms with E-state index in [-0.39, 0.29) is 0 Å². The van der Waals surface area contributed by atoms with Gasteiger partial charge in [0.05, 0.1) is 0 Å². The van der Waals surface area contributed by atoms with Gasteiger partial charge in [-0.1, -0.05) is 105 Å². The zero-order valence-corrected chi connectivity index (χ0v) is 14.3.